The normalized spacial score (nSPS) is 33.3. The summed E-state index contributed by atoms with van der Waals surface area (Å²) in [4.78, 5) is 0. The number of hydrogen-bond acceptors (Lipinski definition) is 3. The fourth-order valence-corrected chi connectivity index (χ4v) is 2.07. The Morgan fingerprint density at radius 3 is 2.67 bits per heavy atom. The number of hydrogen-bond donors (Lipinski definition) is 0. The molecule has 2 aliphatic rings. The first-order valence-corrected chi connectivity index (χ1v) is 5.28. The van der Waals surface area contributed by atoms with Crippen LogP contribution in [0, 0.1) is 0 Å². The zero-order chi connectivity index (χ0) is 10.3. The van der Waals surface area contributed by atoms with Gasteiger partial charge in [0.1, 0.15) is 11.9 Å². The Kier molecular flexibility index (Phi) is 2.15. The summed E-state index contributed by atoms with van der Waals surface area (Å²) in [6.45, 7) is 0.737. The molecule has 2 heterocycles. The van der Waals surface area contributed by atoms with E-state index in [1.165, 1.54) is 5.56 Å². The first-order valence-electron chi connectivity index (χ1n) is 5.28. The molecule has 1 aromatic rings. The molecule has 0 aliphatic carbocycles. The van der Waals surface area contributed by atoms with Crippen LogP contribution in [0.3, 0.4) is 0 Å². The Hall–Kier alpha value is -1.06. The van der Waals surface area contributed by atoms with E-state index in [1.807, 2.05) is 12.1 Å². The van der Waals surface area contributed by atoms with Crippen molar-refractivity contribution in [1.82, 2.24) is 0 Å². The van der Waals surface area contributed by atoms with E-state index < -0.39 is 0 Å². The molecule has 2 aliphatic heterocycles. The van der Waals surface area contributed by atoms with Gasteiger partial charge < -0.3 is 14.2 Å². The Bertz CT molecular complexity index is 346. The summed E-state index contributed by atoms with van der Waals surface area (Å²) in [5, 5.41) is 0. The van der Waals surface area contributed by atoms with Gasteiger partial charge in [0.15, 0.2) is 0 Å². The van der Waals surface area contributed by atoms with Gasteiger partial charge in [-0.15, -0.1) is 0 Å². The van der Waals surface area contributed by atoms with E-state index >= 15 is 0 Å². The molecule has 80 valence electrons. The molecule has 0 radical (unpaired) electrons. The average Bonchev–Trinajstić information content (AvgIpc) is 3.07. The molecule has 0 aromatic heterocycles. The maximum Gasteiger partial charge on any atom is 0.118 e. The lowest BCUT2D eigenvalue weighted by molar-refractivity contribution is 0.0289. The van der Waals surface area contributed by atoms with Gasteiger partial charge in [0.2, 0.25) is 0 Å². The van der Waals surface area contributed by atoms with E-state index in [2.05, 4.69) is 12.1 Å². The molecule has 2 unspecified atom stereocenters. The van der Waals surface area contributed by atoms with Gasteiger partial charge in [0.25, 0.3) is 0 Å². The molecule has 3 atom stereocenters. The molecule has 0 saturated carbocycles. The van der Waals surface area contributed by atoms with Crippen molar-refractivity contribution in [3.63, 3.8) is 0 Å². The quantitative estimate of drug-likeness (QED) is 0.693. The molecule has 3 rings (SSSR count). The van der Waals surface area contributed by atoms with Gasteiger partial charge >= 0.3 is 0 Å². The number of benzene rings is 1. The van der Waals surface area contributed by atoms with E-state index in [0.29, 0.717) is 12.2 Å². The Balaban J connectivity index is 1.74. The number of ether oxygens (including phenoxy) is 3. The highest BCUT2D eigenvalue weighted by Crippen LogP contribution is 2.39. The lowest BCUT2D eigenvalue weighted by atomic mass is 10.0. The molecule has 0 N–H and O–H groups in total. The van der Waals surface area contributed by atoms with Crippen LogP contribution in [0.25, 0.3) is 0 Å². The van der Waals surface area contributed by atoms with Gasteiger partial charge in [-0.25, -0.2) is 0 Å². The van der Waals surface area contributed by atoms with Crippen LogP contribution >= 0.6 is 0 Å². The highest BCUT2D eigenvalue weighted by atomic mass is 16.6. The van der Waals surface area contributed by atoms with Crippen LogP contribution in [0.2, 0.25) is 0 Å². The van der Waals surface area contributed by atoms with Gasteiger partial charge in [-0.2, -0.15) is 0 Å². The highest BCUT2D eigenvalue weighted by molar-refractivity contribution is 5.29. The van der Waals surface area contributed by atoms with Crippen molar-refractivity contribution in [1.29, 1.82) is 0 Å². The van der Waals surface area contributed by atoms with Crippen molar-refractivity contribution in [3.05, 3.63) is 29.8 Å². The maximum atomic E-state index is 5.73. The third-order valence-electron chi connectivity index (χ3n) is 3.08. The number of rotatable bonds is 2. The highest BCUT2D eigenvalue weighted by Gasteiger charge is 2.45. The molecule has 2 fully saturated rings. The molecule has 0 bridgehead atoms. The van der Waals surface area contributed by atoms with Crippen molar-refractivity contribution in [2.24, 2.45) is 0 Å². The Morgan fingerprint density at radius 2 is 2.00 bits per heavy atom. The third-order valence-corrected chi connectivity index (χ3v) is 3.08. The van der Waals surface area contributed by atoms with E-state index in [4.69, 9.17) is 14.2 Å². The van der Waals surface area contributed by atoms with E-state index in [9.17, 15) is 0 Å². The Labute approximate surface area is 89.0 Å². The first-order chi connectivity index (χ1) is 7.36. The average molecular weight is 206 g/mol. The molecule has 15 heavy (non-hydrogen) atoms. The Morgan fingerprint density at radius 1 is 1.20 bits per heavy atom. The molecular weight excluding hydrogens is 192 g/mol. The molecular formula is C12H14O3. The minimum Gasteiger partial charge on any atom is -0.497 e. The topological polar surface area (TPSA) is 31.0 Å². The minimum atomic E-state index is 0.194. The largest absolute Gasteiger partial charge is 0.497 e. The smallest absolute Gasteiger partial charge is 0.118 e. The number of methoxy groups -OCH3 is 1. The molecule has 1 aromatic carbocycles. The number of fused-ring (bicyclic) bond motifs is 1. The summed E-state index contributed by atoms with van der Waals surface area (Å²) in [5.41, 5.74) is 1.21. The fraction of sp³-hybridized carbons (Fsp3) is 0.500. The second-order valence-electron chi connectivity index (χ2n) is 4.04. The summed E-state index contributed by atoms with van der Waals surface area (Å²) in [6.07, 6.45) is 1.99. The van der Waals surface area contributed by atoms with Gasteiger partial charge in [-0.3, -0.25) is 0 Å². The number of epoxide rings is 1. The first kappa shape index (κ1) is 9.19. The van der Waals surface area contributed by atoms with Gasteiger partial charge in [-0.05, 0) is 17.7 Å². The minimum absolute atomic E-state index is 0.194. The molecule has 0 spiro atoms. The van der Waals surface area contributed by atoms with Crippen LogP contribution in [0.15, 0.2) is 24.3 Å². The van der Waals surface area contributed by atoms with E-state index in [-0.39, 0.29) is 6.10 Å². The monoisotopic (exact) mass is 206 g/mol. The fourth-order valence-electron chi connectivity index (χ4n) is 2.07. The van der Waals surface area contributed by atoms with Crippen LogP contribution in [0.5, 0.6) is 5.75 Å². The van der Waals surface area contributed by atoms with Gasteiger partial charge in [-0.1, -0.05) is 12.1 Å². The van der Waals surface area contributed by atoms with Crippen LogP contribution in [0.1, 0.15) is 18.1 Å². The van der Waals surface area contributed by atoms with Crippen molar-refractivity contribution in [3.8, 4) is 5.75 Å². The third kappa shape index (κ3) is 1.73. The van der Waals surface area contributed by atoms with Crippen molar-refractivity contribution in [2.45, 2.75) is 24.7 Å². The van der Waals surface area contributed by atoms with Crippen LogP contribution in [0.4, 0.5) is 0 Å². The molecule has 2 saturated heterocycles. The van der Waals surface area contributed by atoms with Crippen molar-refractivity contribution in [2.75, 3.05) is 13.7 Å². The molecule has 3 nitrogen and oxygen atoms in total. The lowest BCUT2D eigenvalue weighted by Crippen LogP contribution is -2.18. The van der Waals surface area contributed by atoms with E-state index in [0.717, 1.165) is 18.8 Å². The van der Waals surface area contributed by atoms with Crippen molar-refractivity contribution >= 4 is 0 Å². The standard InChI is InChI=1S/C12H14O3/c1-13-9-4-2-8(3-5-9)10-6-11-12(15-11)7-14-10/h2-5,10-12H,6-7H2,1H3/t10-,11?,12?/m1/s1. The van der Waals surface area contributed by atoms with E-state index in [1.54, 1.807) is 7.11 Å². The summed E-state index contributed by atoms with van der Waals surface area (Å²) < 4.78 is 16.3. The second-order valence-corrected chi connectivity index (χ2v) is 4.04. The summed E-state index contributed by atoms with van der Waals surface area (Å²) in [7, 11) is 1.68. The van der Waals surface area contributed by atoms with Crippen LogP contribution in [-0.4, -0.2) is 25.9 Å². The van der Waals surface area contributed by atoms with Gasteiger partial charge in [0, 0.05) is 6.42 Å². The predicted octanol–water partition coefficient (Wildman–Crippen LogP) is 1.92. The molecule has 0 amide bonds. The maximum absolute atomic E-state index is 5.73. The summed E-state index contributed by atoms with van der Waals surface area (Å²) >= 11 is 0. The SMILES string of the molecule is COc1ccc([C@H]2CC3OC3CO2)cc1. The lowest BCUT2D eigenvalue weighted by Gasteiger charge is -2.20. The van der Waals surface area contributed by atoms with Crippen LogP contribution < -0.4 is 4.74 Å². The zero-order valence-corrected chi connectivity index (χ0v) is 8.68. The second kappa shape index (κ2) is 3.51. The molecule has 3 heteroatoms. The van der Waals surface area contributed by atoms with Gasteiger partial charge in [0.05, 0.1) is 25.9 Å². The zero-order valence-electron chi connectivity index (χ0n) is 8.68. The predicted molar refractivity (Wildman–Crippen MR) is 55.0 cm³/mol. The van der Waals surface area contributed by atoms with Crippen LogP contribution in [-0.2, 0) is 9.47 Å². The summed E-state index contributed by atoms with van der Waals surface area (Å²) in [6, 6.07) is 8.06. The summed E-state index contributed by atoms with van der Waals surface area (Å²) in [5.74, 6) is 0.884. The van der Waals surface area contributed by atoms with Crippen molar-refractivity contribution < 1.29 is 14.2 Å².